The van der Waals surface area contributed by atoms with Gasteiger partial charge in [0.2, 0.25) is 0 Å². The van der Waals surface area contributed by atoms with Crippen LogP contribution in [0.5, 0.6) is 0 Å². The molecule has 0 aliphatic carbocycles. The van der Waals surface area contributed by atoms with Gasteiger partial charge in [-0.3, -0.25) is 4.57 Å². The van der Waals surface area contributed by atoms with Crippen LogP contribution in [0.4, 0.5) is 0 Å². The number of rotatable bonds is 4. The zero-order valence-electron chi connectivity index (χ0n) is 10.8. The van der Waals surface area contributed by atoms with E-state index in [1.54, 1.807) is 7.05 Å². The molecular formula is C13H17BrN2O2. The van der Waals surface area contributed by atoms with E-state index in [1.165, 1.54) is 4.57 Å². The number of alkyl halides is 1. The molecular weight excluding hydrogens is 296 g/mol. The van der Waals surface area contributed by atoms with Gasteiger partial charge < -0.3 is 9.73 Å². The number of aryl methyl sites for hydroxylation is 1. The van der Waals surface area contributed by atoms with Crippen molar-refractivity contribution in [2.24, 2.45) is 7.05 Å². The van der Waals surface area contributed by atoms with Gasteiger partial charge in [0.15, 0.2) is 5.58 Å². The second-order valence-electron chi connectivity index (χ2n) is 5.05. The van der Waals surface area contributed by atoms with E-state index in [9.17, 15) is 4.79 Å². The Morgan fingerprint density at radius 3 is 2.83 bits per heavy atom. The van der Waals surface area contributed by atoms with Crippen molar-refractivity contribution in [3.05, 3.63) is 34.3 Å². The van der Waals surface area contributed by atoms with Gasteiger partial charge in [-0.05, 0) is 17.7 Å². The first-order chi connectivity index (χ1) is 8.45. The third-order valence-corrected chi connectivity index (χ3v) is 3.63. The number of fused-ring (bicyclic) bond motifs is 1. The minimum Gasteiger partial charge on any atom is -0.408 e. The fourth-order valence-electron chi connectivity index (χ4n) is 2.02. The summed E-state index contributed by atoms with van der Waals surface area (Å²) < 4.78 is 6.73. The van der Waals surface area contributed by atoms with Gasteiger partial charge in [-0.15, -0.1) is 0 Å². The molecule has 0 bridgehead atoms. The van der Waals surface area contributed by atoms with Gasteiger partial charge >= 0.3 is 5.76 Å². The molecule has 0 spiro atoms. The van der Waals surface area contributed by atoms with Crippen LogP contribution in [0, 0.1) is 0 Å². The van der Waals surface area contributed by atoms with Crippen molar-refractivity contribution in [1.29, 1.82) is 0 Å². The number of nitrogens with zero attached hydrogens (tertiary/aromatic N) is 1. The number of hydrogen-bond acceptors (Lipinski definition) is 3. The number of hydrogen-bond donors (Lipinski definition) is 1. The highest BCUT2D eigenvalue weighted by atomic mass is 79.9. The van der Waals surface area contributed by atoms with Crippen molar-refractivity contribution in [3.8, 4) is 0 Å². The van der Waals surface area contributed by atoms with E-state index in [2.05, 4.69) is 35.1 Å². The lowest BCUT2D eigenvalue weighted by molar-refractivity contribution is 0.489. The Balaban J connectivity index is 2.44. The van der Waals surface area contributed by atoms with Crippen LogP contribution in [0.1, 0.15) is 19.4 Å². The van der Waals surface area contributed by atoms with E-state index in [1.807, 2.05) is 18.2 Å². The lowest BCUT2D eigenvalue weighted by Gasteiger charge is -2.25. The van der Waals surface area contributed by atoms with Gasteiger partial charge in [0.05, 0.1) is 11.0 Å². The standard InChI is InChI=1S/C13H17BrN2O2/c1-13(2,7-15-8-14)9-4-5-10-11(6-9)18-12(17)16(10)3/h4-6,15H,7-8H2,1-3H3. The molecule has 1 aromatic heterocycles. The molecule has 18 heavy (non-hydrogen) atoms. The lowest BCUT2D eigenvalue weighted by Crippen LogP contribution is -2.32. The van der Waals surface area contributed by atoms with Gasteiger partial charge in [-0.2, -0.15) is 0 Å². The van der Waals surface area contributed by atoms with Crippen LogP contribution in [-0.4, -0.2) is 16.6 Å². The van der Waals surface area contributed by atoms with E-state index >= 15 is 0 Å². The summed E-state index contributed by atoms with van der Waals surface area (Å²) >= 11 is 3.35. The number of nitrogens with one attached hydrogen (secondary N) is 1. The van der Waals surface area contributed by atoms with E-state index in [0.717, 1.165) is 23.1 Å². The molecule has 0 amide bonds. The molecule has 0 radical (unpaired) electrons. The first-order valence-electron chi connectivity index (χ1n) is 5.82. The van der Waals surface area contributed by atoms with E-state index in [0.29, 0.717) is 5.58 Å². The molecule has 0 saturated carbocycles. The summed E-state index contributed by atoms with van der Waals surface area (Å²) in [5.74, 6) is -0.321. The topological polar surface area (TPSA) is 47.2 Å². The zero-order chi connectivity index (χ0) is 13.3. The van der Waals surface area contributed by atoms with Gasteiger partial charge in [0.25, 0.3) is 0 Å². The monoisotopic (exact) mass is 312 g/mol. The maximum Gasteiger partial charge on any atom is 0.419 e. The molecule has 0 fully saturated rings. The quantitative estimate of drug-likeness (QED) is 0.696. The Kier molecular flexibility index (Phi) is 3.64. The van der Waals surface area contributed by atoms with E-state index in [-0.39, 0.29) is 11.2 Å². The Hall–Kier alpha value is -1.07. The molecule has 98 valence electrons. The van der Waals surface area contributed by atoms with Crippen LogP contribution >= 0.6 is 15.9 Å². The Morgan fingerprint density at radius 2 is 2.17 bits per heavy atom. The molecule has 1 N–H and O–H groups in total. The Morgan fingerprint density at radius 1 is 1.44 bits per heavy atom. The van der Waals surface area contributed by atoms with Crippen molar-refractivity contribution < 1.29 is 4.42 Å². The average molecular weight is 313 g/mol. The van der Waals surface area contributed by atoms with Gasteiger partial charge in [-0.1, -0.05) is 35.8 Å². The van der Waals surface area contributed by atoms with Crippen molar-refractivity contribution in [2.45, 2.75) is 19.3 Å². The largest absolute Gasteiger partial charge is 0.419 e. The molecule has 2 rings (SSSR count). The molecule has 0 atom stereocenters. The molecule has 5 heteroatoms. The van der Waals surface area contributed by atoms with Crippen LogP contribution in [0.2, 0.25) is 0 Å². The summed E-state index contributed by atoms with van der Waals surface area (Å²) in [4.78, 5) is 11.4. The normalized spacial score (nSPS) is 12.2. The highest BCUT2D eigenvalue weighted by Crippen LogP contribution is 2.25. The summed E-state index contributed by atoms with van der Waals surface area (Å²) in [6.45, 7) is 5.16. The van der Waals surface area contributed by atoms with Gasteiger partial charge in [0, 0.05) is 19.0 Å². The summed E-state index contributed by atoms with van der Waals surface area (Å²) in [5.41, 5.74) is 3.37. The maximum absolute atomic E-state index is 11.4. The minimum atomic E-state index is -0.321. The third-order valence-electron chi connectivity index (χ3n) is 3.24. The van der Waals surface area contributed by atoms with Crippen molar-refractivity contribution >= 4 is 27.0 Å². The fraction of sp³-hybridized carbons (Fsp3) is 0.462. The molecule has 0 aliphatic rings. The van der Waals surface area contributed by atoms with Gasteiger partial charge in [0.1, 0.15) is 0 Å². The molecule has 1 heterocycles. The van der Waals surface area contributed by atoms with Crippen LogP contribution in [0.15, 0.2) is 27.4 Å². The first-order valence-corrected chi connectivity index (χ1v) is 6.94. The van der Waals surface area contributed by atoms with E-state index in [4.69, 9.17) is 4.42 Å². The smallest absolute Gasteiger partial charge is 0.408 e. The van der Waals surface area contributed by atoms with Crippen LogP contribution < -0.4 is 11.1 Å². The first kappa shape index (κ1) is 13.4. The highest BCUT2D eigenvalue weighted by molar-refractivity contribution is 9.09. The number of benzene rings is 1. The number of oxazole rings is 1. The number of aromatic nitrogens is 1. The Labute approximate surface area is 114 Å². The summed E-state index contributed by atoms with van der Waals surface area (Å²) in [5, 5.41) is 3.27. The van der Waals surface area contributed by atoms with Crippen LogP contribution in [0.25, 0.3) is 11.1 Å². The summed E-state index contributed by atoms with van der Waals surface area (Å²) in [6.07, 6.45) is 0. The van der Waals surface area contributed by atoms with Crippen LogP contribution in [-0.2, 0) is 12.5 Å². The zero-order valence-corrected chi connectivity index (χ0v) is 12.4. The predicted molar refractivity (Wildman–Crippen MR) is 76.3 cm³/mol. The molecule has 0 saturated heterocycles. The second-order valence-corrected chi connectivity index (χ2v) is 5.61. The van der Waals surface area contributed by atoms with Crippen molar-refractivity contribution in [3.63, 3.8) is 0 Å². The average Bonchev–Trinajstić information content (AvgIpc) is 2.62. The molecule has 0 aliphatic heterocycles. The molecule has 0 unspecified atom stereocenters. The molecule has 1 aromatic carbocycles. The van der Waals surface area contributed by atoms with Gasteiger partial charge in [-0.25, -0.2) is 4.79 Å². The fourth-order valence-corrected chi connectivity index (χ4v) is 2.21. The Bertz CT molecular complexity index is 613. The lowest BCUT2D eigenvalue weighted by atomic mass is 9.84. The van der Waals surface area contributed by atoms with Crippen molar-refractivity contribution in [2.75, 3.05) is 12.0 Å². The van der Waals surface area contributed by atoms with Crippen molar-refractivity contribution in [1.82, 2.24) is 9.88 Å². The van der Waals surface area contributed by atoms with E-state index < -0.39 is 0 Å². The minimum absolute atomic E-state index is 0.0175. The number of halogens is 1. The second kappa shape index (κ2) is 4.90. The summed E-state index contributed by atoms with van der Waals surface area (Å²) in [6, 6.07) is 5.94. The molecule has 4 nitrogen and oxygen atoms in total. The SMILES string of the molecule is Cn1c(=O)oc2cc(C(C)(C)CNCBr)ccc21. The molecule has 2 aromatic rings. The third kappa shape index (κ3) is 2.37. The van der Waals surface area contributed by atoms with Crippen LogP contribution in [0.3, 0.4) is 0 Å². The highest BCUT2D eigenvalue weighted by Gasteiger charge is 2.21. The predicted octanol–water partition coefficient (Wildman–Crippen LogP) is 2.35. The maximum atomic E-state index is 11.4. The summed E-state index contributed by atoms with van der Waals surface area (Å²) in [7, 11) is 1.71.